The molecule has 1 saturated heterocycles. The van der Waals surface area contributed by atoms with Gasteiger partial charge in [-0.1, -0.05) is 18.2 Å². The number of carbonyl (C=O) groups excluding carboxylic acids is 2. The van der Waals surface area contributed by atoms with E-state index in [-0.39, 0.29) is 17.7 Å². The zero-order chi connectivity index (χ0) is 14.6. The molecular formula is C16H19N3O2. The fourth-order valence-corrected chi connectivity index (χ4v) is 3.69. The Morgan fingerprint density at radius 2 is 1.95 bits per heavy atom. The Morgan fingerprint density at radius 3 is 2.71 bits per heavy atom. The summed E-state index contributed by atoms with van der Waals surface area (Å²) in [4.78, 5) is 29.2. The number of hydrogen-bond donors (Lipinski definition) is 1. The van der Waals surface area contributed by atoms with Gasteiger partial charge in [-0.25, -0.2) is 0 Å². The van der Waals surface area contributed by atoms with Crippen LogP contribution in [0.4, 0.5) is 5.69 Å². The summed E-state index contributed by atoms with van der Waals surface area (Å²) in [5.41, 5.74) is 1.29. The Labute approximate surface area is 123 Å². The Hall–Kier alpha value is -1.88. The molecule has 5 heteroatoms. The Kier molecular flexibility index (Phi) is 2.63. The van der Waals surface area contributed by atoms with Gasteiger partial charge in [-0.2, -0.15) is 0 Å². The maximum absolute atomic E-state index is 12.7. The van der Waals surface area contributed by atoms with Crippen molar-refractivity contribution in [3.8, 4) is 0 Å². The first kappa shape index (κ1) is 12.8. The molecule has 4 rings (SSSR count). The third-order valence-corrected chi connectivity index (χ3v) is 5.13. The fraction of sp³-hybridized carbons (Fsp3) is 0.500. The highest BCUT2D eigenvalue weighted by atomic mass is 16.2. The molecule has 21 heavy (non-hydrogen) atoms. The molecule has 2 unspecified atom stereocenters. The van der Waals surface area contributed by atoms with Crippen molar-refractivity contribution in [2.24, 2.45) is 5.92 Å². The number of likely N-dealkylation sites (N-methyl/N-ethyl adjacent to an activating group) is 1. The number of amides is 2. The summed E-state index contributed by atoms with van der Waals surface area (Å²) in [6, 6.07) is 7.75. The average Bonchev–Trinajstić information content (AvgIpc) is 3.18. The van der Waals surface area contributed by atoms with Gasteiger partial charge in [0.15, 0.2) is 0 Å². The van der Waals surface area contributed by atoms with Crippen LogP contribution in [0.5, 0.6) is 0 Å². The van der Waals surface area contributed by atoms with Crippen LogP contribution in [0.25, 0.3) is 0 Å². The molecule has 2 atom stereocenters. The quantitative estimate of drug-likeness (QED) is 0.825. The second-order valence-electron chi connectivity index (χ2n) is 6.36. The molecule has 1 aliphatic carbocycles. The van der Waals surface area contributed by atoms with Crippen LogP contribution in [0.15, 0.2) is 24.3 Å². The van der Waals surface area contributed by atoms with Gasteiger partial charge in [-0.05, 0) is 25.1 Å². The lowest BCUT2D eigenvalue weighted by molar-refractivity contribution is -0.135. The van der Waals surface area contributed by atoms with Crippen molar-refractivity contribution in [3.05, 3.63) is 29.8 Å². The SMILES string of the molecule is CN1CCN(C(=O)C2CC23C(=O)Nc2ccccc23)CC1. The Morgan fingerprint density at radius 1 is 1.24 bits per heavy atom. The van der Waals surface area contributed by atoms with E-state index >= 15 is 0 Å². The molecule has 2 aliphatic heterocycles. The zero-order valence-electron chi connectivity index (χ0n) is 12.1. The molecule has 1 saturated carbocycles. The first-order chi connectivity index (χ1) is 10.1. The number of benzene rings is 1. The molecule has 3 aliphatic rings. The van der Waals surface area contributed by atoms with E-state index in [1.165, 1.54) is 0 Å². The van der Waals surface area contributed by atoms with Crippen molar-refractivity contribution in [1.29, 1.82) is 0 Å². The van der Waals surface area contributed by atoms with Crippen LogP contribution in [0, 0.1) is 5.92 Å². The largest absolute Gasteiger partial charge is 0.340 e. The van der Waals surface area contributed by atoms with E-state index in [0.29, 0.717) is 6.42 Å². The highest BCUT2D eigenvalue weighted by Crippen LogP contribution is 2.60. The molecule has 1 N–H and O–H groups in total. The van der Waals surface area contributed by atoms with Crippen molar-refractivity contribution >= 4 is 17.5 Å². The maximum atomic E-state index is 12.7. The molecule has 0 radical (unpaired) electrons. The minimum Gasteiger partial charge on any atom is -0.340 e. The number of hydrogen-bond acceptors (Lipinski definition) is 3. The van der Waals surface area contributed by atoms with Gasteiger partial charge >= 0.3 is 0 Å². The smallest absolute Gasteiger partial charge is 0.235 e. The van der Waals surface area contributed by atoms with Crippen LogP contribution in [0.2, 0.25) is 0 Å². The van der Waals surface area contributed by atoms with E-state index in [9.17, 15) is 9.59 Å². The van der Waals surface area contributed by atoms with Crippen LogP contribution in [0.3, 0.4) is 0 Å². The molecular weight excluding hydrogens is 266 g/mol. The van der Waals surface area contributed by atoms with E-state index in [1.54, 1.807) is 0 Å². The molecule has 1 aromatic carbocycles. The summed E-state index contributed by atoms with van der Waals surface area (Å²) in [6.07, 6.45) is 0.654. The van der Waals surface area contributed by atoms with E-state index in [1.807, 2.05) is 29.2 Å². The number of para-hydroxylation sites is 1. The van der Waals surface area contributed by atoms with Gasteiger partial charge in [-0.3, -0.25) is 9.59 Å². The average molecular weight is 285 g/mol. The molecule has 0 bridgehead atoms. The van der Waals surface area contributed by atoms with E-state index < -0.39 is 5.41 Å². The second-order valence-corrected chi connectivity index (χ2v) is 6.36. The number of nitrogens with one attached hydrogen (secondary N) is 1. The molecule has 1 aromatic rings. The van der Waals surface area contributed by atoms with E-state index in [2.05, 4.69) is 17.3 Å². The van der Waals surface area contributed by atoms with Gasteiger partial charge in [0, 0.05) is 31.9 Å². The lowest BCUT2D eigenvalue weighted by Gasteiger charge is -2.32. The fourth-order valence-electron chi connectivity index (χ4n) is 3.69. The maximum Gasteiger partial charge on any atom is 0.235 e. The topological polar surface area (TPSA) is 52.7 Å². The van der Waals surface area contributed by atoms with Gasteiger partial charge < -0.3 is 15.1 Å². The third-order valence-electron chi connectivity index (χ3n) is 5.13. The van der Waals surface area contributed by atoms with Crippen LogP contribution in [-0.2, 0) is 15.0 Å². The first-order valence-corrected chi connectivity index (χ1v) is 7.51. The van der Waals surface area contributed by atoms with Crippen LogP contribution in [0.1, 0.15) is 12.0 Å². The second kappa shape index (κ2) is 4.31. The molecule has 2 amide bonds. The van der Waals surface area contributed by atoms with Crippen molar-refractivity contribution in [3.63, 3.8) is 0 Å². The monoisotopic (exact) mass is 285 g/mol. The Bertz CT molecular complexity index is 622. The predicted octanol–water partition coefficient (Wildman–Crippen LogP) is 0.670. The van der Waals surface area contributed by atoms with Crippen LogP contribution in [-0.4, -0.2) is 54.8 Å². The molecule has 0 aromatic heterocycles. The third kappa shape index (κ3) is 1.73. The van der Waals surface area contributed by atoms with E-state index in [4.69, 9.17) is 0 Å². The molecule has 2 fully saturated rings. The number of fused-ring (bicyclic) bond motifs is 2. The van der Waals surface area contributed by atoms with Crippen LogP contribution >= 0.6 is 0 Å². The van der Waals surface area contributed by atoms with Gasteiger partial charge in [-0.15, -0.1) is 0 Å². The molecule has 1 spiro atoms. The lowest BCUT2D eigenvalue weighted by atomic mass is 9.94. The summed E-state index contributed by atoms with van der Waals surface area (Å²) in [5.74, 6) is -0.0318. The minimum atomic E-state index is -0.586. The number of anilines is 1. The summed E-state index contributed by atoms with van der Waals surface area (Å²) in [7, 11) is 2.07. The lowest BCUT2D eigenvalue weighted by Crippen LogP contribution is -2.48. The summed E-state index contributed by atoms with van der Waals surface area (Å²) >= 11 is 0. The predicted molar refractivity (Wildman–Crippen MR) is 78.9 cm³/mol. The number of nitrogens with zero attached hydrogens (tertiary/aromatic N) is 2. The molecule has 110 valence electrons. The van der Waals surface area contributed by atoms with Crippen molar-refractivity contribution < 1.29 is 9.59 Å². The zero-order valence-corrected chi connectivity index (χ0v) is 12.1. The highest BCUT2D eigenvalue weighted by molar-refractivity contribution is 6.12. The van der Waals surface area contributed by atoms with Gasteiger partial charge in [0.2, 0.25) is 11.8 Å². The van der Waals surface area contributed by atoms with Crippen molar-refractivity contribution in [2.75, 3.05) is 38.5 Å². The summed E-state index contributed by atoms with van der Waals surface area (Å²) in [5, 5.41) is 2.93. The highest BCUT2D eigenvalue weighted by Gasteiger charge is 2.68. The molecule has 5 nitrogen and oxygen atoms in total. The molecule has 2 heterocycles. The van der Waals surface area contributed by atoms with Gasteiger partial charge in [0.1, 0.15) is 0 Å². The van der Waals surface area contributed by atoms with Gasteiger partial charge in [0.25, 0.3) is 0 Å². The number of piperazine rings is 1. The number of rotatable bonds is 1. The van der Waals surface area contributed by atoms with Crippen LogP contribution < -0.4 is 5.32 Å². The normalized spacial score (nSPS) is 31.2. The summed E-state index contributed by atoms with van der Waals surface area (Å²) < 4.78 is 0. The van der Waals surface area contributed by atoms with Gasteiger partial charge in [0.05, 0.1) is 11.3 Å². The Balaban J connectivity index is 1.57. The van der Waals surface area contributed by atoms with Crippen molar-refractivity contribution in [1.82, 2.24) is 9.80 Å². The number of carbonyl (C=O) groups is 2. The minimum absolute atomic E-state index is 0.00354. The summed E-state index contributed by atoms with van der Waals surface area (Å²) in [6.45, 7) is 3.36. The van der Waals surface area contributed by atoms with E-state index in [0.717, 1.165) is 37.4 Å². The van der Waals surface area contributed by atoms with Crippen molar-refractivity contribution in [2.45, 2.75) is 11.8 Å². The standard InChI is InChI=1S/C16H19N3O2/c1-18-6-8-19(9-7-18)14(20)12-10-16(12)11-4-2-3-5-13(11)17-15(16)21/h2-5,12H,6-10H2,1H3,(H,17,21). The first-order valence-electron chi connectivity index (χ1n) is 7.51.